The lowest BCUT2D eigenvalue weighted by atomic mass is 10.3. The Labute approximate surface area is 110 Å². The van der Waals surface area contributed by atoms with E-state index < -0.39 is 0 Å². The fraction of sp³-hybridized carbons (Fsp3) is 0.417. The van der Waals surface area contributed by atoms with Crippen molar-refractivity contribution in [3.05, 3.63) is 28.9 Å². The second kappa shape index (κ2) is 4.24. The van der Waals surface area contributed by atoms with Crippen LogP contribution in [0.3, 0.4) is 0 Å². The van der Waals surface area contributed by atoms with E-state index >= 15 is 0 Å². The van der Waals surface area contributed by atoms with Crippen molar-refractivity contribution >= 4 is 11.6 Å². The third kappa shape index (κ3) is 2.18. The van der Waals surface area contributed by atoms with Crippen LogP contribution < -0.4 is 4.74 Å². The van der Waals surface area contributed by atoms with Gasteiger partial charge < -0.3 is 4.74 Å². The average Bonchev–Trinajstić information content (AvgIpc) is 3.10. The number of nitrogens with zero attached hydrogens (tertiary/aromatic N) is 4. The quantitative estimate of drug-likeness (QED) is 0.800. The van der Waals surface area contributed by atoms with Crippen molar-refractivity contribution in [2.75, 3.05) is 0 Å². The predicted octanol–water partition coefficient (Wildman–Crippen LogP) is 2.84. The van der Waals surface area contributed by atoms with Gasteiger partial charge in [0.05, 0.1) is 12.4 Å². The molecule has 18 heavy (non-hydrogen) atoms. The molecule has 0 saturated heterocycles. The number of ether oxygens (including phenoxy) is 1. The van der Waals surface area contributed by atoms with E-state index in [0.29, 0.717) is 22.7 Å². The molecule has 0 aliphatic heterocycles. The Kier molecular flexibility index (Phi) is 2.70. The van der Waals surface area contributed by atoms with Crippen LogP contribution in [-0.4, -0.2) is 19.7 Å². The summed E-state index contributed by atoms with van der Waals surface area (Å²) in [6.07, 6.45) is 5.69. The van der Waals surface area contributed by atoms with E-state index in [2.05, 4.69) is 15.1 Å². The molecule has 0 bridgehead atoms. The maximum Gasteiger partial charge on any atom is 0.227 e. The van der Waals surface area contributed by atoms with Crippen molar-refractivity contribution in [3.8, 4) is 11.6 Å². The topological polar surface area (TPSA) is 52.8 Å². The van der Waals surface area contributed by atoms with Gasteiger partial charge in [0.2, 0.25) is 5.88 Å². The zero-order chi connectivity index (χ0) is 12.7. The summed E-state index contributed by atoms with van der Waals surface area (Å²) in [6.45, 7) is 1.85. The molecule has 0 amide bonds. The van der Waals surface area contributed by atoms with Gasteiger partial charge in [-0.3, -0.25) is 4.68 Å². The molecule has 94 valence electrons. The van der Waals surface area contributed by atoms with E-state index in [-0.39, 0.29) is 0 Å². The molecule has 2 aromatic rings. The first-order chi connectivity index (χ1) is 8.63. The normalized spacial score (nSPS) is 14.8. The maximum absolute atomic E-state index is 6.11. The largest absolute Gasteiger partial charge is 0.435 e. The van der Waals surface area contributed by atoms with E-state index in [1.807, 2.05) is 14.0 Å². The van der Waals surface area contributed by atoms with Gasteiger partial charge in [-0.2, -0.15) is 10.1 Å². The molecule has 0 unspecified atom stereocenters. The Balaban J connectivity index is 1.94. The minimum atomic E-state index is 0.444. The predicted molar refractivity (Wildman–Crippen MR) is 67.0 cm³/mol. The fourth-order valence-electron chi connectivity index (χ4n) is 1.67. The number of halogens is 1. The summed E-state index contributed by atoms with van der Waals surface area (Å²) < 4.78 is 7.39. The van der Waals surface area contributed by atoms with Crippen molar-refractivity contribution in [2.45, 2.75) is 25.7 Å². The number of aryl methyl sites for hydroxylation is 1. The molecule has 0 aromatic carbocycles. The second-order valence-electron chi connectivity index (χ2n) is 4.53. The smallest absolute Gasteiger partial charge is 0.227 e. The third-order valence-electron chi connectivity index (χ3n) is 2.90. The molecule has 3 rings (SSSR count). The van der Waals surface area contributed by atoms with Gasteiger partial charge in [0.15, 0.2) is 5.75 Å². The van der Waals surface area contributed by atoms with Gasteiger partial charge in [0.1, 0.15) is 11.0 Å². The molecular weight excluding hydrogens is 252 g/mol. The lowest BCUT2D eigenvalue weighted by Crippen LogP contribution is -1.99. The summed E-state index contributed by atoms with van der Waals surface area (Å²) in [5, 5.41) is 4.51. The van der Waals surface area contributed by atoms with Gasteiger partial charge in [-0.25, -0.2) is 4.98 Å². The van der Waals surface area contributed by atoms with Crippen molar-refractivity contribution < 1.29 is 4.74 Å². The SMILES string of the molecule is Cc1c(Cl)nc(C2CC2)nc1Oc1cnn(C)c1. The third-order valence-corrected chi connectivity index (χ3v) is 3.27. The average molecular weight is 265 g/mol. The molecule has 2 heterocycles. The summed E-state index contributed by atoms with van der Waals surface area (Å²) >= 11 is 6.11. The Morgan fingerprint density at radius 1 is 1.39 bits per heavy atom. The highest BCUT2D eigenvalue weighted by Gasteiger charge is 2.28. The van der Waals surface area contributed by atoms with Crippen LogP contribution in [0.2, 0.25) is 5.15 Å². The van der Waals surface area contributed by atoms with E-state index in [0.717, 1.165) is 24.2 Å². The van der Waals surface area contributed by atoms with Crippen LogP contribution in [0.5, 0.6) is 11.6 Å². The summed E-state index contributed by atoms with van der Waals surface area (Å²) in [6, 6.07) is 0. The molecule has 0 atom stereocenters. The van der Waals surface area contributed by atoms with Gasteiger partial charge in [0.25, 0.3) is 0 Å². The highest BCUT2D eigenvalue weighted by molar-refractivity contribution is 6.30. The molecule has 5 nitrogen and oxygen atoms in total. The van der Waals surface area contributed by atoms with Gasteiger partial charge in [0, 0.05) is 18.5 Å². The molecule has 0 radical (unpaired) electrons. The molecule has 0 spiro atoms. The maximum atomic E-state index is 6.11. The molecule has 1 fully saturated rings. The molecule has 2 aromatic heterocycles. The van der Waals surface area contributed by atoms with Gasteiger partial charge in [-0.15, -0.1) is 0 Å². The molecule has 1 saturated carbocycles. The van der Waals surface area contributed by atoms with Crippen molar-refractivity contribution in [1.82, 2.24) is 19.7 Å². The van der Waals surface area contributed by atoms with Crippen LogP contribution in [0.15, 0.2) is 12.4 Å². The Bertz CT molecular complexity index is 592. The lowest BCUT2D eigenvalue weighted by molar-refractivity contribution is 0.453. The number of aromatic nitrogens is 4. The Hall–Kier alpha value is -1.62. The van der Waals surface area contributed by atoms with Gasteiger partial charge in [-0.1, -0.05) is 11.6 Å². The molecular formula is C12H13ClN4O. The molecule has 6 heteroatoms. The van der Waals surface area contributed by atoms with Crippen LogP contribution in [0.25, 0.3) is 0 Å². The van der Waals surface area contributed by atoms with Gasteiger partial charge in [-0.05, 0) is 19.8 Å². The Morgan fingerprint density at radius 2 is 2.17 bits per heavy atom. The molecule has 1 aliphatic rings. The van der Waals surface area contributed by atoms with Crippen LogP contribution in [-0.2, 0) is 7.05 Å². The van der Waals surface area contributed by atoms with Crippen LogP contribution >= 0.6 is 11.6 Å². The zero-order valence-electron chi connectivity index (χ0n) is 10.2. The van der Waals surface area contributed by atoms with E-state index in [4.69, 9.17) is 16.3 Å². The van der Waals surface area contributed by atoms with Crippen LogP contribution in [0.1, 0.15) is 30.1 Å². The minimum absolute atomic E-state index is 0.444. The molecule has 0 N–H and O–H groups in total. The summed E-state index contributed by atoms with van der Waals surface area (Å²) in [5.74, 6) is 2.39. The summed E-state index contributed by atoms with van der Waals surface area (Å²) in [4.78, 5) is 8.74. The molecule has 1 aliphatic carbocycles. The van der Waals surface area contributed by atoms with Crippen molar-refractivity contribution in [2.24, 2.45) is 7.05 Å². The second-order valence-corrected chi connectivity index (χ2v) is 4.89. The monoisotopic (exact) mass is 264 g/mol. The lowest BCUT2D eigenvalue weighted by Gasteiger charge is -2.08. The van der Waals surface area contributed by atoms with E-state index in [9.17, 15) is 0 Å². The van der Waals surface area contributed by atoms with Crippen LogP contribution in [0.4, 0.5) is 0 Å². The fourth-order valence-corrected chi connectivity index (χ4v) is 1.84. The highest BCUT2D eigenvalue weighted by Crippen LogP contribution is 2.40. The van der Waals surface area contributed by atoms with E-state index in [1.165, 1.54) is 0 Å². The van der Waals surface area contributed by atoms with Gasteiger partial charge >= 0.3 is 0 Å². The Morgan fingerprint density at radius 3 is 2.78 bits per heavy atom. The zero-order valence-corrected chi connectivity index (χ0v) is 11.0. The summed E-state index contributed by atoms with van der Waals surface area (Å²) in [7, 11) is 1.84. The first-order valence-corrected chi connectivity index (χ1v) is 6.22. The van der Waals surface area contributed by atoms with E-state index in [1.54, 1.807) is 17.1 Å². The first-order valence-electron chi connectivity index (χ1n) is 5.84. The number of hydrogen-bond donors (Lipinski definition) is 0. The first kappa shape index (κ1) is 11.5. The standard InChI is InChI=1S/C12H13ClN4O/c1-7-10(13)15-11(8-3-4-8)16-12(7)18-9-5-14-17(2)6-9/h5-6,8H,3-4H2,1-2H3. The van der Waals surface area contributed by atoms with Crippen molar-refractivity contribution in [3.63, 3.8) is 0 Å². The summed E-state index contributed by atoms with van der Waals surface area (Å²) in [5.41, 5.74) is 0.755. The number of rotatable bonds is 3. The highest BCUT2D eigenvalue weighted by atomic mass is 35.5. The minimum Gasteiger partial charge on any atom is -0.435 e. The van der Waals surface area contributed by atoms with Crippen molar-refractivity contribution in [1.29, 1.82) is 0 Å². The van der Waals surface area contributed by atoms with Crippen LogP contribution in [0, 0.1) is 6.92 Å². The number of hydrogen-bond acceptors (Lipinski definition) is 4.